The number of carbonyl (C=O) groups excluding carboxylic acids is 3. The monoisotopic (exact) mass is 435 g/mol. The van der Waals surface area contributed by atoms with Crippen molar-refractivity contribution in [2.45, 2.75) is 5.92 Å². The normalized spacial score (nSPS) is 18.4. The van der Waals surface area contributed by atoms with Crippen LogP contribution in [0.5, 0.6) is 0 Å². The highest BCUT2D eigenvalue weighted by Gasteiger charge is 2.48. The maximum Gasteiger partial charge on any atom is 0.269 e. The summed E-state index contributed by atoms with van der Waals surface area (Å²) >= 11 is 0. The molecule has 1 heterocycles. The maximum absolute atomic E-state index is 13.6. The topological polar surface area (TPSA) is 104 Å². The summed E-state index contributed by atoms with van der Waals surface area (Å²) in [7, 11) is 0. The highest BCUT2D eigenvalue weighted by atomic mass is 16.6. The number of hydrogen-bond acceptors (Lipinski definition) is 6. The quantitative estimate of drug-likeness (QED) is 0.429. The molecule has 7 heteroatoms. The average Bonchev–Trinajstić information content (AvgIpc) is 3.13. The second-order valence-electron chi connectivity index (χ2n) is 7.95. The van der Waals surface area contributed by atoms with E-state index in [4.69, 9.17) is 4.74 Å². The van der Waals surface area contributed by atoms with Crippen LogP contribution in [0.1, 0.15) is 48.1 Å². The van der Waals surface area contributed by atoms with Gasteiger partial charge in [0.15, 0.2) is 17.3 Å². The van der Waals surface area contributed by atoms with Crippen LogP contribution >= 0.6 is 0 Å². The van der Waals surface area contributed by atoms with Crippen LogP contribution < -0.4 is 0 Å². The summed E-state index contributed by atoms with van der Waals surface area (Å²) in [6.07, 6.45) is 0. The van der Waals surface area contributed by atoms with Gasteiger partial charge in [-0.2, -0.15) is 0 Å². The van der Waals surface area contributed by atoms with Gasteiger partial charge in [-0.25, -0.2) is 0 Å². The van der Waals surface area contributed by atoms with E-state index >= 15 is 0 Å². The molecular formula is C26H13NO6. The summed E-state index contributed by atoms with van der Waals surface area (Å²) in [5, 5.41) is 11.1. The van der Waals surface area contributed by atoms with Crippen LogP contribution in [0.15, 0.2) is 89.7 Å². The largest absolute Gasteiger partial charge is 0.452 e. The Morgan fingerprint density at radius 3 is 1.70 bits per heavy atom. The molecule has 0 spiro atoms. The SMILES string of the molecule is O=C1C2=C(C(=O)c3ccccc31)C(c1ccc([N+](=O)[O-])cc1)C1=C(O2)c2ccccc2C1=O. The van der Waals surface area contributed by atoms with E-state index < -0.39 is 22.4 Å². The molecule has 33 heavy (non-hydrogen) atoms. The number of fused-ring (bicyclic) bond motifs is 3. The molecule has 1 unspecified atom stereocenters. The number of ether oxygens (including phenoxy) is 1. The fraction of sp³-hybridized carbons (Fsp3) is 0.0385. The third-order valence-corrected chi connectivity index (χ3v) is 6.24. The number of carbonyl (C=O) groups is 3. The van der Waals surface area contributed by atoms with Crippen molar-refractivity contribution in [2.75, 3.05) is 0 Å². The molecule has 0 radical (unpaired) electrons. The molecule has 1 aliphatic heterocycles. The van der Waals surface area contributed by atoms with Crippen LogP contribution in [0.2, 0.25) is 0 Å². The van der Waals surface area contributed by atoms with Crippen molar-refractivity contribution < 1.29 is 24.0 Å². The molecule has 0 bridgehead atoms. The number of benzene rings is 3. The Labute approximate surface area is 186 Å². The standard InChI is InChI=1S/C26H13NO6/c28-22-15-5-1-2-6-16(15)24(30)26-21(22)19(13-9-11-14(12-10-13)27(31)32)20-23(29)17-7-3-4-8-18(17)25(20)33-26/h1-12,19H. The molecule has 0 saturated heterocycles. The molecule has 2 aliphatic carbocycles. The van der Waals surface area contributed by atoms with Crippen LogP contribution in [0.25, 0.3) is 5.76 Å². The molecule has 0 saturated carbocycles. The number of hydrogen-bond donors (Lipinski definition) is 0. The van der Waals surface area contributed by atoms with E-state index in [1.807, 2.05) is 0 Å². The third-order valence-electron chi connectivity index (χ3n) is 6.24. The minimum atomic E-state index is -0.894. The Morgan fingerprint density at radius 1 is 0.636 bits per heavy atom. The number of rotatable bonds is 2. The summed E-state index contributed by atoms with van der Waals surface area (Å²) in [6, 6.07) is 19.0. The molecule has 0 N–H and O–H groups in total. The average molecular weight is 435 g/mol. The summed E-state index contributed by atoms with van der Waals surface area (Å²) in [4.78, 5) is 51.0. The van der Waals surface area contributed by atoms with Gasteiger partial charge in [-0.1, -0.05) is 60.7 Å². The summed E-state index contributed by atoms with van der Waals surface area (Å²) < 4.78 is 6.02. The molecule has 7 nitrogen and oxygen atoms in total. The number of allylic oxidation sites excluding steroid dienone is 3. The molecule has 3 aliphatic rings. The lowest BCUT2D eigenvalue weighted by molar-refractivity contribution is -0.384. The van der Waals surface area contributed by atoms with Gasteiger partial charge < -0.3 is 4.74 Å². The van der Waals surface area contributed by atoms with Crippen molar-refractivity contribution >= 4 is 28.8 Å². The molecule has 6 rings (SSSR count). The van der Waals surface area contributed by atoms with E-state index in [9.17, 15) is 24.5 Å². The number of non-ortho nitro benzene ring substituents is 1. The van der Waals surface area contributed by atoms with E-state index in [0.717, 1.165) is 0 Å². The lowest BCUT2D eigenvalue weighted by Gasteiger charge is -2.31. The van der Waals surface area contributed by atoms with Crippen molar-refractivity contribution in [3.8, 4) is 0 Å². The number of nitro groups is 1. The predicted octanol–water partition coefficient (Wildman–Crippen LogP) is 4.65. The van der Waals surface area contributed by atoms with Crippen molar-refractivity contribution in [2.24, 2.45) is 0 Å². The summed E-state index contributed by atoms with van der Waals surface area (Å²) in [5.74, 6) is -1.89. The smallest absolute Gasteiger partial charge is 0.269 e. The maximum atomic E-state index is 13.6. The first kappa shape index (κ1) is 19.1. The van der Waals surface area contributed by atoms with Crippen molar-refractivity contribution in [1.82, 2.24) is 0 Å². The van der Waals surface area contributed by atoms with Gasteiger partial charge in [0.05, 0.1) is 16.1 Å². The second-order valence-corrected chi connectivity index (χ2v) is 7.95. The number of ketones is 3. The zero-order valence-corrected chi connectivity index (χ0v) is 16.9. The summed E-state index contributed by atoms with van der Waals surface area (Å²) in [6.45, 7) is 0. The van der Waals surface area contributed by atoms with Crippen LogP contribution in [-0.2, 0) is 4.74 Å². The number of nitro benzene ring substituents is 1. The van der Waals surface area contributed by atoms with E-state index in [-0.39, 0.29) is 45.3 Å². The van der Waals surface area contributed by atoms with Crippen molar-refractivity contribution in [1.29, 1.82) is 0 Å². The molecule has 0 fully saturated rings. The fourth-order valence-corrected chi connectivity index (χ4v) is 4.75. The molecule has 158 valence electrons. The van der Waals surface area contributed by atoms with Gasteiger partial charge in [-0.3, -0.25) is 24.5 Å². The highest BCUT2D eigenvalue weighted by molar-refractivity contribution is 6.30. The first-order valence-corrected chi connectivity index (χ1v) is 10.2. The Morgan fingerprint density at radius 2 is 1.12 bits per heavy atom. The van der Waals surface area contributed by atoms with Gasteiger partial charge in [0, 0.05) is 40.3 Å². The third kappa shape index (κ3) is 2.53. The first-order valence-electron chi connectivity index (χ1n) is 10.2. The fourth-order valence-electron chi connectivity index (χ4n) is 4.75. The molecule has 0 amide bonds. The molecule has 0 aromatic heterocycles. The first-order chi connectivity index (χ1) is 16.0. The van der Waals surface area contributed by atoms with Crippen LogP contribution in [-0.4, -0.2) is 22.3 Å². The zero-order valence-electron chi connectivity index (χ0n) is 16.9. The van der Waals surface area contributed by atoms with Crippen molar-refractivity contribution in [3.63, 3.8) is 0 Å². The Kier molecular flexibility index (Phi) is 3.85. The second kappa shape index (κ2) is 6.67. The minimum absolute atomic E-state index is 0.0764. The van der Waals surface area contributed by atoms with Crippen LogP contribution in [0.3, 0.4) is 0 Å². The van der Waals surface area contributed by atoms with Crippen LogP contribution in [0, 0.1) is 10.1 Å². The molecule has 1 atom stereocenters. The summed E-state index contributed by atoms with van der Waals surface area (Å²) in [5.41, 5.74) is 2.16. The van der Waals surface area contributed by atoms with E-state index in [2.05, 4.69) is 0 Å². The predicted molar refractivity (Wildman–Crippen MR) is 117 cm³/mol. The van der Waals surface area contributed by atoms with Gasteiger partial charge in [0.25, 0.3) is 5.69 Å². The van der Waals surface area contributed by atoms with Gasteiger partial charge >= 0.3 is 0 Å². The van der Waals surface area contributed by atoms with Gasteiger partial charge in [-0.15, -0.1) is 0 Å². The van der Waals surface area contributed by atoms with Gasteiger partial charge in [-0.05, 0) is 5.56 Å². The Hall–Kier alpha value is -4.65. The zero-order chi connectivity index (χ0) is 22.9. The van der Waals surface area contributed by atoms with Gasteiger partial charge in [0.1, 0.15) is 5.76 Å². The van der Waals surface area contributed by atoms with E-state index in [1.54, 1.807) is 48.5 Å². The molecule has 3 aromatic carbocycles. The lowest BCUT2D eigenvalue weighted by atomic mass is 9.74. The van der Waals surface area contributed by atoms with Crippen LogP contribution in [0.4, 0.5) is 5.69 Å². The number of Topliss-reactive ketones (excluding diaryl/α,β-unsaturated/α-hetero) is 3. The molecule has 3 aromatic rings. The van der Waals surface area contributed by atoms with Crippen molar-refractivity contribution in [3.05, 3.63) is 128 Å². The lowest BCUT2D eigenvalue weighted by Crippen LogP contribution is -2.31. The molecular weight excluding hydrogens is 422 g/mol. The Balaban J connectivity index is 1.61. The minimum Gasteiger partial charge on any atom is -0.452 e. The Bertz CT molecular complexity index is 1510. The number of nitrogens with zero attached hydrogens (tertiary/aromatic N) is 1. The van der Waals surface area contributed by atoms with E-state index in [0.29, 0.717) is 16.7 Å². The van der Waals surface area contributed by atoms with E-state index in [1.165, 1.54) is 24.3 Å². The van der Waals surface area contributed by atoms with Gasteiger partial charge in [0.2, 0.25) is 5.78 Å². The highest BCUT2D eigenvalue weighted by Crippen LogP contribution is 2.51.